The molecule has 8 heteroatoms. The van der Waals surface area contributed by atoms with Crippen LogP contribution in [0, 0.1) is 0 Å². The van der Waals surface area contributed by atoms with Gasteiger partial charge in [0.25, 0.3) is 0 Å². The number of thiocarbonyl (C=S) groups is 1. The maximum absolute atomic E-state index is 12.8. The van der Waals surface area contributed by atoms with E-state index >= 15 is 0 Å². The number of carbonyl (C=O) groups excluding carboxylic acids is 1. The quantitative estimate of drug-likeness (QED) is 0.585. The number of nitrogens with zero attached hydrogens (tertiary/aromatic N) is 1. The number of rotatable bonds is 6. The molecule has 1 N–H and O–H groups in total. The van der Waals surface area contributed by atoms with E-state index in [0.717, 1.165) is 24.2 Å². The molecule has 0 saturated heterocycles. The first-order valence-corrected chi connectivity index (χ1v) is 9.36. The van der Waals surface area contributed by atoms with Crippen LogP contribution in [0.3, 0.4) is 0 Å². The summed E-state index contributed by atoms with van der Waals surface area (Å²) in [7, 11) is 1.57. The maximum Gasteiger partial charge on any atom is 0.338 e. The Morgan fingerprint density at radius 1 is 1.37 bits per heavy atom. The zero-order chi connectivity index (χ0) is 19.6. The van der Waals surface area contributed by atoms with Gasteiger partial charge in [-0.2, -0.15) is 0 Å². The Labute approximate surface area is 164 Å². The van der Waals surface area contributed by atoms with Crippen LogP contribution in [0.2, 0.25) is 0 Å². The molecule has 0 bridgehead atoms. The van der Waals surface area contributed by atoms with Crippen molar-refractivity contribution in [1.82, 2.24) is 10.2 Å². The summed E-state index contributed by atoms with van der Waals surface area (Å²) < 4.78 is 21.7. The average Bonchev–Trinajstić information content (AvgIpc) is 3.12. The summed E-state index contributed by atoms with van der Waals surface area (Å²) in [5, 5.41) is 3.85. The number of nitrogens with one attached hydrogen (secondary N) is 1. The average molecular weight is 392 g/mol. The number of ether oxygens (including phenoxy) is 4. The molecule has 3 rings (SSSR count). The van der Waals surface area contributed by atoms with E-state index in [0.29, 0.717) is 34.5 Å². The minimum absolute atomic E-state index is 0.134. The van der Waals surface area contributed by atoms with Crippen LogP contribution in [-0.4, -0.2) is 43.0 Å². The number of hydrogen-bond acceptors (Lipinski definition) is 6. The van der Waals surface area contributed by atoms with Gasteiger partial charge in [-0.25, -0.2) is 4.79 Å². The topological polar surface area (TPSA) is 69.3 Å². The van der Waals surface area contributed by atoms with Crippen LogP contribution < -0.4 is 19.5 Å². The Balaban J connectivity index is 2.10. The Kier molecular flexibility index (Phi) is 5.74. The van der Waals surface area contributed by atoms with E-state index in [1.807, 2.05) is 24.0 Å². The van der Waals surface area contributed by atoms with Crippen molar-refractivity contribution in [2.45, 2.75) is 33.2 Å². The summed E-state index contributed by atoms with van der Waals surface area (Å²) in [6.45, 7) is 6.90. The van der Waals surface area contributed by atoms with Gasteiger partial charge < -0.3 is 29.2 Å². The lowest BCUT2D eigenvalue weighted by molar-refractivity contribution is -0.139. The molecule has 0 unspecified atom stereocenters. The predicted molar refractivity (Wildman–Crippen MR) is 104 cm³/mol. The lowest BCUT2D eigenvalue weighted by atomic mass is 9.94. The highest BCUT2D eigenvalue weighted by Crippen LogP contribution is 2.44. The number of carbonyl (C=O) groups is 1. The zero-order valence-electron chi connectivity index (χ0n) is 16.0. The van der Waals surface area contributed by atoms with Gasteiger partial charge in [-0.05, 0) is 50.2 Å². The van der Waals surface area contributed by atoms with Crippen LogP contribution in [-0.2, 0) is 9.53 Å². The van der Waals surface area contributed by atoms with Crippen LogP contribution in [0.5, 0.6) is 17.2 Å². The summed E-state index contributed by atoms with van der Waals surface area (Å²) in [5.74, 6) is 1.32. The molecule has 0 aromatic heterocycles. The number of esters is 1. The predicted octanol–water partition coefficient (Wildman–Crippen LogP) is 2.90. The molecule has 7 nitrogen and oxygen atoms in total. The second kappa shape index (κ2) is 8.04. The molecule has 2 aliphatic heterocycles. The molecule has 146 valence electrons. The van der Waals surface area contributed by atoms with Gasteiger partial charge in [0.1, 0.15) is 0 Å². The van der Waals surface area contributed by atoms with E-state index in [4.69, 9.17) is 31.2 Å². The molecule has 0 spiro atoms. The summed E-state index contributed by atoms with van der Waals surface area (Å²) in [4.78, 5) is 14.7. The summed E-state index contributed by atoms with van der Waals surface area (Å²) in [6.07, 6.45) is 0.901. The standard InChI is InChI=1S/C19H24N2O5S/c1-5-7-21-11(3)15(18(22)24-6-2)16(20-19(21)27)12-8-13(23-4)17-14(9-12)25-10-26-17/h8-9,16H,5-7,10H2,1-4H3,(H,20,27)/t16-/m1/s1. The molecule has 0 saturated carbocycles. The van der Waals surface area contributed by atoms with E-state index in [1.54, 1.807) is 14.0 Å². The highest BCUT2D eigenvalue weighted by Gasteiger charge is 2.36. The molecule has 0 radical (unpaired) electrons. The van der Waals surface area contributed by atoms with Crippen LogP contribution in [0.4, 0.5) is 0 Å². The molecule has 27 heavy (non-hydrogen) atoms. The third kappa shape index (κ3) is 3.53. The van der Waals surface area contributed by atoms with Crippen LogP contribution in [0.25, 0.3) is 0 Å². The van der Waals surface area contributed by atoms with Gasteiger partial charge in [0, 0.05) is 12.2 Å². The fraction of sp³-hybridized carbons (Fsp3) is 0.474. The van der Waals surface area contributed by atoms with E-state index in [9.17, 15) is 4.79 Å². The lowest BCUT2D eigenvalue weighted by Crippen LogP contribution is -2.48. The first-order valence-electron chi connectivity index (χ1n) is 8.95. The van der Waals surface area contributed by atoms with E-state index in [-0.39, 0.29) is 12.8 Å². The normalized spacial score (nSPS) is 18.4. The van der Waals surface area contributed by atoms with Gasteiger partial charge >= 0.3 is 5.97 Å². The highest BCUT2D eigenvalue weighted by molar-refractivity contribution is 7.80. The molecular weight excluding hydrogens is 368 g/mol. The molecule has 2 heterocycles. The Morgan fingerprint density at radius 2 is 2.15 bits per heavy atom. The molecule has 0 aliphatic carbocycles. The maximum atomic E-state index is 12.8. The Bertz CT molecular complexity index is 793. The van der Waals surface area contributed by atoms with E-state index in [2.05, 4.69) is 12.2 Å². The van der Waals surface area contributed by atoms with E-state index < -0.39 is 6.04 Å². The van der Waals surface area contributed by atoms with Gasteiger partial charge in [-0.15, -0.1) is 0 Å². The van der Waals surface area contributed by atoms with Crippen molar-refractivity contribution in [1.29, 1.82) is 0 Å². The van der Waals surface area contributed by atoms with Gasteiger partial charge in [0.2, 0.25) is 12.5 Å². The SMILES string of the molecule is CCCN1C(=S)N[C@H](c2cc(OC)c3c(c2)OCO3)C(C(=O)OCC)=C1C. The molecular formula is C19H24N2O5S. The number of allylic oxidation sites excluding steroid dienone is 1. The fourth-order valence-corrected chi connectivity index (χ4v) is 3.66. The lowest BCUT2D eigenvalue weighted by Gasteiger charge is -2.37. The number of benzene rings is 1. The van der Waals surface area contributed by atoms with Crippen molar-refractivity contribution in [2.24, 2.45) is 0 Å². The fourth-order valence-electron chi connectivity index (χ4n) is 3.31. The van der Waals surface area contributed by atoms with Gasteiger partial charge in [0.15, 0.2) is 16.6 Å². The number of fused-ring (bicyclic) bond motifs is 1. The summed E-state index contributed by atoms with van der Waals surface area (Å²) >= 11 is 5.55. The third-order valence-corrected chi connectivity index (χ3v) is 4.89. The minimum Gasteiger partial charge on any atom is -0.493 e. The van der Waals surface area contributed by atoms with Crippen LogP contribution in [0.1, 0.15) is 38.8 Å². The Hall–Kier alpha value is -2.48. The van der Waals surface area contributed by atoms with Crippen molar-refractivity contribution in [3.8, 4) is 17.2 Å². The highest BCUT2D eigenvalue weighted by atomic mass is 32.1. The third-order valence-electron chi connectivity index (χ3n) is 4.55. The second-order valence-corrected chi connectivity index (χ2v) is 6.60. The molecule has 1 aromatic rings. The van der Waals surface area contributed by atoms with Gasteiger partial charge in [-0.1, -0.05) is 6.92 Å². The molecule has 1 aromatic carbocycles. The first-order chi connectivity index (χ1) is 13.0. The molecule has 0 amide bonds. The molecule has 0 fully saturated rings. The molecule has 2 aliphatic rings. The number of methoxy groups -OCH3 is 1. The second-order valence-electron chi connectivity index (χ2n) is 6.21. The van der Waals surface area contributed by atoms with Crippen LogP contribution >= 0.6 is 12.2 Å². The van der Waals surface area contributed by atoms with Gasteiger partial charge in [0.05, 0.1) is 25.3 Å². The van der Waals surface area contributed by atoms with Crippen molar-refractivity contribution in [3.05, 3.63) is 29.0 Å². The Morgan fingerprint density at radius 3 is 2.81 bits per heavy atom. The zero-order valence-corrected chi connectivity index (χ0v) is 16.8. The van der Waals surface area contributed by atoms with Gasteiger partial charge in [-0.3, -0.25) is 0 Å². The monoisotopic (exact) mass is 392 g/mol. The largest absolute Gasteiger partial charge is 0.493 e. The van der Waals surface area contributed by atoms with Crippen molar-refractivity contribution < 1.29 is 23.7 Å². The molecule has 1 atom stereocenters. The van der Waals surface area contributed by atoms with Crippen LogP contribution in [0.15, 0.2) is 23.4 Å². The van der Waals surface area contributed by atoms with Crippen molar-refractivity contribution in [3.63, 3.8) is 0 Å². The smallest absolute Gasteiger partial charge is 0.338 e. The minimum atomic E-state index is -0.465. The van der Waals surface area contributed by atoms with Crippen molar-refractivity contribution >= 4 is 23.3 Å². The van der Waals surface area contributed by atoms with E-state index in [1.165, 1.54) is 0 Å². The first kappa shape index (κ1) is 19.3. The van der Waals surface area contributed by atoms with Crippen molar-refractivity contribution in [2.75, 3.05) is 27.1 Å². The summed E-state index contributed by atoms with van der Waals surface area (Å²) in [6, 6.07) is 3.20. The number of hydrogen-bond donors (Lipinski definition) is 1. The summed E-state index contributed by atoms with van der Waals surface area (Å²) in [5.41, 5.74) is 2.11.